The molecule has 0 amide bonds. The summed E-state index contributed by atoms with van der Waals surface area (Å²) in [6.45, 7) is 0.689. The summed E-state index contributed by atoms with van der Waals surface area (Å²) in [5.74, 6) is 0. The Morgan fingerprint density at radius 2 is 1.60 bits per heavy atom. The molecule has 1 N–H and O–H groups in total. The molecule has 2 saturated heterocycles. The van der Waals surface area contributed by atoms with Crippen LogP contribution in [0.5, 0.6) is 0 Å². The van der Waals surface area contributed by atoms with Crippen LogP contribution in [0.3, 0.4) is 0 Å². The Morgan fingerprint density at radius 1 is 0.960 bits per heavy atom. The van der Waals surface area contributed by atoms with Crippen LogP contribution < -0.4 is 0 Å². The second-order valence-electron chi connectivity index (χ2n) is 7.08. The molecule has 0 spiro atoms. The molecule has 2 aliphatic rings. The maximum Gasteiger partial charge on any atom is 0.182 e. The van der Waals surface area contributed by atoms with E-state index in [1.54, 1.807) is 24.3 Å². The number of hydrogen-bond acceptors (Lipinski definition) is 4. The van der Waals surface area contributed by atoms with Crippen molar-refractivity contribution in [3.8, 4) is 0 Å². The molecule has 2 bridgehead atoms. The lowest BCUT2D eigenvalue weighted by Gasteiger charge is -2.38. The molecule has 2 heterocycles. The fourth-order valence-electron chi connectivity index (χ4n) is 4.41. The topological polar surface area (TPSA) is 57.6 Å². The van der Waals surface area contributed by atoms with Crippen molar-refractivity contribution in [2.75, 3.05) is 0 Å². The lowest BCUT2D eigenvalue weighted by Crippen LogP contribution is -2.51. The summed E-state index contributed by atoms with van der Waals surface area (Å²) in [6, 6.07) is 18.6. The van der Waals surface area contributed by atoms with E-state index in [4.69, 9.17) is 0 Å². The Kier molecular flexibility index (Phi) is 4.40. The number of aliphatic hydroxyl groups excluding tert-OH is 1. The largest absolute Gasteiger partial charge is 0.391 e. The maximum atomic E-state index is 13.2. The second-order valence-corrected chi connectivity index (χ2v) is 9.25. The number of piperidine rings is 1. The van der Waals surface area contributed by atoms with Gasteiger partial charge in [-0.25, -0.2) is 8.42 Å². The van der Waals surface area contributed by atoms with E-state index in [1.165, 1.54) is 0 Å². The van der Waals surface area contributed by atoms with E-state index < -0.39 is 21.2 Å². The summed E-state index contributed by atoms with van der Waals surface area (Å²) in [6.07, 6.45) is 1.55. The highest BCUT2D eigenvalue weighted by atomic mass is 32.2. The third-order valence-corrected chi connectivity index (χ3v) is 7.80. The van der Waals surface area contributed by atoms with Crippen molar-refractivity contribution in [2.45, 2.75) is 54.1 Å². The summed E-state index contributed by atoms with van der Waals surface area (Å²) in [4.78, 5) is 2.58. The molecule has 2 aromatic rings. The van der Waals surface area contributed by atoms with E-state index in [0.717, 1.165) is 12.0 Å². The molecule has 1 unspecified atom stereocenters. The third-order valence-electron chi connectivity index (χ3n) is 5.61. The minimum atomic E-state index is -3.45. The number of hydrogen-bond donors (Lipinski definition) is 1. The lowest BCUT2D eigenvalue weighted by atomic mass is 9.99. The van der Waals surface area contributed by atoms with Crippen molar-refractivity contribution in [1.29, 1.82) is 0 Å². The van der Waals surface area contributed by atoms with Gasteiger partial charge in [-0.1, -0.05) is 48.5 Å². The average molecular weight is 357 g/mol. The number of sulfone groups is 1. The highest BCUT2D eigenvalue weighted by molar-refractivity contribution is 7.92. The Hall–Kier alpha value is -1.69. The van der Waals surface area contributed by atoms with Crippen LogP contribution >= 0.6 is 0 Å². The minimum absolute atomic E-state index is 0.220. The molecule has 4 rings (SSSR count). The van der Waals surface area contributed by atoms with E-state index in [-0.39, 0.29) is 12.1 Å². The number of aliphatic hydroxyl groups is 1. The quantitative estimate of drug-likeness (QED) is 0.914. The van der Waals surface area contributed by atoms with Gasteiger partial charge in [-0.15, -0.1) is 0 Å². The average Bonchev–Trinajstić information content (AvgIpc) is 2.90. The van der Waals surface area contributed by atoms with Crippen LogP contribution in [0.25, 0.3) is 0 Å². The number of nitrogens with zero attached hydrogens (tertiary/aromatic N) is 1. The first-order valence-corrected chi connectivity index (χ1v) is 10.4. The van der Waals surface area contributed by atoms with Crippen LogP contribution in [0.15, 0.2) is 65.6 Å². The predicted molar refractivity (Wildman–Crippen MR) is 96.8 cm³/mol. The Labute approximate surface area is 149 Å². The molecule has 5 heteroatoms. The molecule has 132 valence electrons. The summed E-state index contributed by atoms with van der Waals surface area (Å²) in [5.41, 5.74) is 1.16. The van der Waals surface area contributed by atoms with Crippen molar-refractivity contribution in [3.63, 3.8) is 0 Å². The molecule has 2 fully saturated rings. The fraction of sp³-hybridized carbons (Fsp3) is 0.400. The molecule has 0 aliphatic carbocycles. The van der Waals surface area contributed by atoms with Crippen molar-refractivity contribution in [2.24, 2.45) is 0 Å². The van der Waals surface area contributed by atoms with Gasteiger partial charge in [-0.2, -0.15) is 0 Å². The van der Waals surface area contributed by atoms with Gasteiger partial charge in [0.25, 0.3) is 0 Å². The standard InChI is InChI=1S/C20H23NO3S/c22-18-12-11-16-13-19(25(23,24)17-9-5-2-6-10-17)20(18)21(16)14-15-7-3-1-4-8-15/h1-10,16,18-20,22H,11-14H2/t16-,18-,19?,20+/m1/s1. The molecule has 0 radical (unpaired) electrons. The van der Waals surface area contributed by atoms with Gasteiger partial charge >= 0.3 is 0 Å². The van der Waals surface area contributed by atoms with Crippen LogP contribution in [0.2, 0.25) is 0 Å². The highest BCUT2D eigenvalue weighted by Gasteiger charge is 2.52. The Morgan fingerprint density at radius 3 is 2.28 bits per heavy atom. The number of benzene rings is 2. The first-order valence-electron chi connectivity index (χ1n) is 8.84. The van der Waals surface area contributed by atoms with Crippen LogP contribution in [-0.4, -0.2) is 41.9 Å². The van der Waals surface area contributed by atoms with Gasteiger partial charge in [-0.05, 0) is 37.0 Å². The van der Waals surface area contributed by atoms with Gasteiger partial charge in [0.1, 0.15) is 0 Å². The summed E-state index contributed by atoms with van der Waals surface area (Å²) in [7, 11) is -3.45. The van der Waals surface area contributed by atoms with Gasteiger partial charge in [0, 0.05) is 12.6 Å². The van der Waals surface area contributed by atoms with E-state index >= 15 is 0 Å². The Balaban J connectivity index is 1.67. The van der Waals surface area contributed by atoms with Gasteiger partial charge in [-0.3, -0.25) is 4.90 Å². The summed E-state index contributed by atoms with van der Waals surface area (Å²) < 4.78 is 26.4. The maximum absolute atomic E-state index is 13.2. The molecule has 25 heavy (non-hydrogen) atoms. The first-order chi connectivity index (χ1) is 12.1. The van der Waals surface area contributed by atoms with Crippen molar-refractivity contribution < 1.29 is 13.5 Å². The normalized spacial score (nSPS) is 29.6. The number of fused-ring (bicyclic) bond motifs is 2. The molecule has 4 nitrogen and oxygen atoms in total. The smallest absolute Gasteiger partial charge is 0.182 e. The van der Waals surface area contributed by atoms with Gasteiger partial charge in [0.05, 0.1) is 22.3 Å². The zero-order valence-electron chi connectivity index (χ0n) is 14.0. The first kappa shape index (κ1) is 16.8. The predicted octanol–water partition coefficient (Wildman–Crippen LogP) is 2.63. The van der Waals surface area contributed by atoms with Gasteiger partial charge in [0.2, 0.25) is 0 Å². The molecule has 2 aromatic carbocycles. The third kappa shape index (κ3) is 3.01. The lowest BCUT2D eigenvalue weighted by molar-refractivity contribution is 0.0103. The van der Waals surface area contributed by atoms with Crippen LogP contribution in [0.1, 0.15) is 24.8 Å². The van der Waals surface area contributed by atoms with Crippen molar-refractivity contribution in [1.82, 2.24) is 4.90 Å². The van der Waals surface area contributed by atoms with E-state index in [2.05, 4.69) is 17.0 Å². The van der Waals surface area contributed by atoms with E-state index in [0.29, 0.717) is 24.3 Å². The van der Waals surface area contributed by atoms with Crippen molar-refractivity contribution >= 4 is 9.84 Å². The molecule has 4 atom stereocenters. The van der Waals surface area contributed by atoms with Crippen LogP contribution in [0, 0.1) is 0 Å². The van der Waals surface area contributed by atoms with E-state index in [1.807, 2.05) is 24.3 Å². The Bertz CT molecular complexity index is 823. The highest BCUT2D eigenvalue weighted by Crippen LogP contribution is 2.41. The summed E-state index contributed by atoms with van der Waals surface area (Å²) >= 11 is 0. The van der Waals surface area contributed by atoms with Gasteiger partial charge < -0.3 is 5.11 Å². The fourth-order valence-corrected chi connectivity index (χ4v) is 6.48. The molecule has 2 aliphatic heterocycles. The molecular formula is C20H23NO3S. The van der Waals surface area contributed by atoms with Gasteiger partial charge in [0.15, 0.2) is 9.84 Å². The molecule has 0 saturated carbocycles. The van der Waals surface area contributed by atoms with E-state index in [9.17, 15) is 13.5 Å². The van der Waals surface area contributed by atoms with Crippen LogP contribution in [-0.2, 0) is 16.4 Å². The molecular weight excluding hydrogens is 334 g/mol. The van der Waals surface area contributed by atoms with Crippen LogP contribution in [0.4, 0.5) is 0 Å². The number of rotatable bonds is 4. The molecule has 0 aromatic heterocycles. The zero-order valence-corrected chi connectivity index (χ0v) is 14.8. The zero-order chi connectivity index (χ0) is 17.4. The SMILES string of the molecule is O=S(=O)(c1ccccc1)C1C[C@H]2CC[C@@H](O)[C@@H]1N2Cc1ccccc1. The monoisotopic (exact) mass is 357 g/mol. The second kappa shape index (κ2) is 6.56. The summed E-state index contributed by atoms with van der Waals surface area (Å²) in [5, 5.41) is 10.1. The van der Waals surface area contributed by atoms with Crippen molar-refractivity contribution in [3.05, 3.63) is 66.2 Å². The minimum Gasteiger partial charge on any atom is -0.391 e.